The van der Waals surface area contributed by atoms with Gasteiger partial charge in [0.25, 0.3) is 0 Å². The molecule has 112 valence electrons. The summed E-state index contributed by atoms with van der Waals surface area (Å²) in [5.74, 6) is -2.45. The van der Waals surface area contributed by atoms with Crippen molar-refractivity contribution in [1.29, 1.82) is 5.26 Å². The Bertz CT molecular complexity index is 721. The molecule has 1 atom stereocenters. The number of carbonyl (C=O) groups excluding carboxylic acids is 1. The Hall–Kier alpha value is -2.44. The van der Waals surface area contributed by atoms with Crippen LogP contribution in [0.2, 0.25) is 0 Å². The van der Waals surface area contributed by atoms with Gasteiger partial charge < -0.3 is 10.8 Å². The van der Waals surface area contributed by atoms with E-state index in [4.69, 9.17) is 16.1 Å². The molecule has 0 bridgehead atoms. The van der Waals surface area contributed by atoms with Crippen molar-refractivity contribution in [3.63, 3.8) is 0 Å². The molecule has 0 aromatic heterocycles. The molecule has 0 aliphatic heterocycles. The molecular weight excluding hydrogens is 298 g/mol. The zero-order valence-corrected chi connectivity index (χ0v) is 11.8. The number of sulfonamides is 1. The number of nitriles is 1. The van der Waals surface area contributed by atoms with Crippen molar-refractivity contribution in [2.75, 3.05) is 0 Å². The Morgan fingerprint density at radius 3 is 2.52 bits per heavy atom. The number of benzene rings is 1. The molecule has 0 unspecified atom stereocenters. The van der Waals surface area contributed by atoms with Crippen LogP contribution in [-0.2, 0) is 19.6 Å². The molecule has 9 heteroatoms. The lowest BCUT2D eigenvalue weighted by molar-refractivity contribution is -0.140. The summed E-state index contributed by atoms with van der Waals surface area (Å²) >= 11 is 0. The van der Waals surface area contributed by atoms with E-state index >= 15 is 0 Å². The summed E-state index contributed by atoms with van der Waals surface area (Å²) in [6, 6.07) is 4.06. The minimum Gasteiger partial charge on any atom is -0.480 e. The molecule has 1 amide bonds. The number of nitrogens with one attached hydrogen (secondary N) is 1. The average Bonchev–Trinajstić information content (AvgIpc) is 2.36. The van der Waals surface area contributed by atoms with Gasteiger partial charge in [0.15, 0.2) is 0 Å². The summed E-state index contributed by atoms with van der Waals surface area (Å²) in [7, 11) is -4.15. The van der Waals surface area contributed by atoms with E-state index in [9.17, 15) is 18.0 Å². The maximum atomic E-state index is 12.1. The van der Waals surface area contributed by atoms with Gasteiger partial charge in [-0.1, -0.05) is 0 Å². The SMILES string of the molecule is Cc1cc(C#N)ccc1S(=O)(=O)N[C@H](CC(N)=O)C(=O)O. The van der Waals surface area contributed by atoms with Crippen LogP contribution in [0.1, 0.15) is 17.5 Å². The smallest absolute Gasteiger partial charge is 0.322 e. The number of aryl methyl sites for hydroxylation is 1. The van der Waals surface area contributed by atoms with Crippen molar-refractivity contribution in [2.24, 2.45) is 5.73 Å². The van der Waals surface area contributed by atoms with Gasteiger partial charge in [0, 0.05) is 0 Å². The van der Waals surface area contributed by atoms with Gasteiger partial charge in [-0.3, -0.25) is 9.59 Å². The molecule has 1 aromatic rings. The standard InChI is InChI=1S/C12H13N3O5S/c1-7-4-8(6-13)2-3-10(7)21(19,20)15-9(12(17)18)5-11(14)16/h2-4,9,15H,5H2,1H3,(H2,14,16)(H,17,18)/t9-/m1/s1. The Morgan fingerprint density at radius 2 is 2.10 bits per heavy atom. The van der Waals surface area contributed by atoms with E-state index in [1.165, 1.54) is 25.1 Å². The van der Waals surface area contributed by atoms with Gasteiger partial charge in [-0.2, -0.15) is 9.98 Å². The number of carbonyl (C=O) groups is 2. The Balaban J connectivity index is 3.13. The average molecular weight is 311 g/mol. The number of hydrogen-bond acceptors (Lipinski definition) is 5. The number of nitrogens with zero attached hydrogens (tertiary/aromatic N) is 1. The van der Waals surface area contributed by atoms with E-state index < -0.39 is 34.4 Å². The van der Waals surface area contributed by atoms with Crippen LogP contribution in [0.5, 0.6) is 0 Å². The highest BCUT2D eigenvalue weighted by Crippen LogP contribution is 2.17. The second-order valence-electron chi connectivity index (χ2n) is 4.27. The topological polar surface area (TPSA) is 150 Å². The highest BCUT2D eigenvalue weighted by molar-refractivity contribution is 7.89. The lowest BCUT2D eigenvalue weighted by Crippen LogP contribution is -2.43. The maximum absolute atomic E-state index is 12.1. The number of rotatable bonds is 6. The first-order valence-corrected chi connectivity index (χ1v) is 7.20. The zero-order chi connectivity index (χ0) is 16.2. The van der Waals surface area contributed by atoms with Crippen molar-refractivity contribution in [3.05, 3.63) is 29.3 Å². The predicted molar refractivity (Wildman–Crippen MR) is 71.5 cm³/mol. The van der Waals surface area contributed by atoms with Crippen LogP contribution in [0, 0.1) is 18.3 Å². The summed E-state index contributed by atoms with van der Waals surface area (Å²) in [4.78, 5) is 21.6. The van der Waals surface area contributed by atoms with Crippen LogP contribution in [0.4, 0.5) is 0 Å². The molecular formula is C12H13N3O5S. The second-order valence-corrected chi connectivity index (χ2v) is 5.96. The highest BCUT2D eigenvalue weighted by atomic mass is 32.2. The molecule has 4 N–H and O–H groups in total. The molecule has 1 aromatic carbocycles. The Kier molecular flexibility index (Phi) is 5.02. The van der Waals surface area contributed by atoms with Gasteiger partial charge in [0.1, 0.15) is 6.04 Å². The van der Waals surface area contributed by atoms with Gasteiger partial charge in [0.05, 0.1) is 22.9 Å². The lowest BCUT2D eigenvalue weighted by atomic mass is 10.2. The Labute approximate surface area is 121 Å². The van der Waals surface area contributed by atoms with Crippen molar-refractivity contribution in [1.82, 2.24) is 4.72 Å². The number of carboxylic acids is 1. The van der Waals surface area contributed by atoms with Gasteiger partial charge in [-0.25, -0.2) is 8.42 Å². The van der Waals surface area contributed by atoms with E-state index in [0.717, 1.165) is 0 Å². The van der Waals surface area contributed by atoms with Crippen LogP contribution in [0.3, 0.4) is 0 Å². The van der Waals surface area contributed by atoms with Gasteiger partial charge >= 0.3 is 5.97 Å². The second kappa shape index (κ2) is 6.34. The summed E-state index contributed by atoms with van der Waals surface area (Å²) in [5.41, 5.74) is 5.44. The number of aliphatic carboxylic acids is 1. The quantitative estimate of drug-likeness (QED) is 0.642. The normalized spacial score (nSPS) is 12.4. The van der Waals surface area contributed by atoms with Gasteiger partial charge in [0.2, 0.25) is 15.9 Å². The van der Waals surface area contributed by atoms with E-state index in [0.29, 0.717) is 0 Å². The third-order valence-electron chi connectivity index (χ3n) is 2.59. The molecule has 0 saturated heterocycles. The Morgan fingerprint density at radius 1 is 1.48 bits per heavy atom. The molecule has 0 aliphatic rings. The first-order valence-electron chi connectivity index (χ1n) is 5.71. The molecule has 21 heavy (non-hydrogen) atoms. The maximum Gasteiger partial charge on any atom is 0.322 e. The number of nitrogens with two attached hydrogens (primary N) is 1. The third kappa shape index (κ3) is 4.27. The molecule has 1 rings (SSSR count). The molecule has 0 spiro atoms. The van der Waals surface area contributed by atoms with Gasteiger partial charge in [-0.05, 0) is 30.7 Å². The summed E-state index contributed by atoms with van der Waals surface area (Å²) < 4.78 is 26.2. The molecule has 0 fully saturated rings. The number of primary amides is 1. The fourth-order valence-electron chi connectivity index (χ4n) is 1.65. The van der Waals surface area contributed by atoms with Crippen LogP contribution >= 0.6 is 0 Å². The number of carboxylic acid groups (broad SMARTS) is 1. The van der Waals surface area contributed by atoms with Crippen LogP contribution in [0.25, 0.3) is 0 Å². The van der Waals surface area contributed by atoms with Crippen LogP contribution < -0.4 is 10.5 Å². The molecule has 0 radical (unpaired) electrons. The number of hydrogen-bond donors (Lipinski definition) is 3. The van der Waals surface area contributed by atoms with Crippen molar-refractivity contribution >= 4 is 21.9 Å². The third-order valence-corrected chi connectivity index (χ3v) is 4.23. The monoisotopic (exact) mass is 311 g/mol. The van der Waals surface area contributed by atoms with Crippen molar-refractivity contribution in [3.8, 4) is 6.07 Å². The molecule has 0 aliphatic carbocycles. The van der Waals surface area contributed by atoms with Crippen molar-refractivity contribution < 1.29 is 23.1 Å². The first-order chi connectivity index (χ1) is 9.67. The highest BCUT2D eigenvalue weighted by Gasteiger charge is 2.27. The zero-order valence-electron chi connectivity index (χ0n) is 11.0. The fraction of sp³-hybridized carbons (Fsp3) is 0.250. The lowest BCUT2D eigenvalue weighted by Gasteiger charge is -2.14. The van der Waals surface area contributed by atoms with E-state index in [1.54, 1.807) is 0 Å². The molecule has 8 nitrogen and oxygen atoms in total. The van der Waals surface area contributed by atoms with E-state index in [2.05, 4.69) is 0 Å². The largest absolute Gasteiger partial charge is 0.480 e. The van der Waals surface area contributed by atoms with Crippen LogP contribution in [-0.4, -0.2) is 31.4 Å². The summed E-state index contributed by atoms with van der Waals surface area (Å²) in [5, 5.41) is 17.6. The fourth-order valence-corrected chi connectivity index (χ4v) is 3.07. The minimum atomic E-state index is -4.15. The number of amides is 1. The minimum absolute atomic E-state index is 0.169. The van der Waals surface area contributed by atoms with E-state index in [-0.39, 0.29) is 16.0 Å². The first kappa shape index (κ1) is 16.6. The van der Waals surface area contributed by atoms with E-state index in [1.807, 2.05) is 10.8 Å². The molecule has 0 saturated carbocycles. The summed E-state index contributed by atoms with van der Waals surface area (Å²) in [6.07, 6.45) is -0.663. The predicted octanol–water partition coefficient (Wildman–Crippen LogP) is -0.526. The van der Waals surface area contributed by atoms with Crippen LogP contribution in [0.15, 0.2) is 23.1 Å². The van der Waals surface area contributed by atoms with Gasteiger partial charge in [-0.15, -0.1) is 0 Å². The van der Waals surface area contributed by atoms with Crippen molar-refractivity contribution in [2.45, 2.75) is 24.3 Å². The molecule has 0 heterocycles. The summed E-state index contributed by atoms with van der Waals surface area (Å²) in [6.45, 7) is 1.47.